The van der Waals surface area contributed by atoms with Crippen LogP contribution in [0.4, 0.5) is 11.5 Å². The number of halogens is 1. The van der Waals surface area contributed by atoms with Gasteiger partial charge in [-0.25, -0.2) is 13.4 Å². The van der Waals surface area contributed by atoms with E-state index in [0.29, 0.717) is 11.4 Å². The zero-order valence-corrected chi connectivity index (χ0v) is 12.1. The Balaban J connectivity index is 2.38. The van der Waals surface area contributed by atoms with Crippen molar-refractivity contribution in [2.45, 2.75) is 4.90 Å². The maximum absolute atomic E-state index is 12.2. The standard InChI is InChI=1S/C12H12ClN3O3S/c1-19-11-5-3-2-4-10(11)16-20(17,18)8-6-9(13)12(14)15-7-8/h2-7,16H,1H3,(H2,14,15). The van der Waals surface area contributed by atoms with Gasteiger partial charge in [0.05, 0.1) is 17.8 Å². The van der Waals surface area contributed by atoms with E-state index in [0.717, 1.165) is 6.20 Å². The van der Waals surface area contributed by atoms with Gasteiger partial charge in [0.25, 0.3) is 10.0 Å². The SMILES string of the molecule is COc1ccccc1NS(=O)(=O)c1cnc(N)c(Cl)c1. The highest BCUT2D eigenvalue weighted by molar-refractivity contribution is 7.92. The molecule has 1 heterocycles. The van der Waals surface area contributed by atoms with Gasteiger partial charge in [0.15, 0.2) is 0 Å². The number of aromatic nitrogens is 1. The van der Waals surface area contributed by atoms with Crippen LogP contribution in [0.2, 0.25) is 5.02 Å². The zero-order chi connectivity index (χ0) is 14.8. The number of sulfonamides is 1. The van der Waals surface area contributed by atoms with E-state index in [-0.39, 0.29) is 15.7 Å². The third-order valence-corrected chi connectivity index (χ3v) is 4.14. The van der Waals surface area contributed by atoms with Crippen LogP contribution >= 0.6 is 11.6 Å². The maximum atomic E-state index is 12.2. The molecule has 106 valence electrons. The van der Waals surface area contributed by atoms with Gasteiger partial charge in [-0.1, -0.05) is 23.7 Å². The molecule has 0 bridgehead atoms. The molecule has 0 saturated carbocycles. The van der Waals surface area contributed by atoms with Crippen LogP contribution in [0.15, 0.2) is 41.4 Å². The molecule has 2 aromatic rings. The Bertz CT molecular complexity index is 734. The van der Waals surface area contributed by atoms with E-state index in [1.165, 1.54) is 13.2 Å². The highest BCUT2D eigenvalue weighted by Gasteiger charge is 2.18. The smallest absolute Gasteiger partial charge is 0.263 e. The van der Waals surface area contributed by atoms with Gasteiger partial charge < -0.3 is 10.5 Å². The van der Waals surface area contributed by atoms with E-state index >= 15 is 0 Å². The van der Waals surface area contributed by atoms with E-state index in [1.54, 1.807) is 24.3 Å². The lowest BCUT2D eigenvalue weighted by molar-refractivity contribution is 0.417. The average Bonchev–Trinajstić information content (AvgIpc) is 2.42. The van der Waals surface area contributed by atoms with Crippen molar-refractivity contribution in [1.29, 1.82) is 0 Å². The van der Waals surface area contributed by atoms with E-state index in [4.69, 9.17) is 22.1 Å². The summed E-state index contributed by atoms with van der Waals surface area (Å²) in [5, 5.41) is 0.0768. The Hall–Kier alpha value is -1.99. The number of hydrogen-bond acceptors (Lipinski definition) is 5. The highest BCUT2D eigenvalue weighted by Crippen LogP contribution is 2.27. The molecule has 6 nitrogen and oxygen atoms in total. The monoisotopic (exact) mass is 313 g/mol. The predicted octanol–water partition coefficient (Wildman–Crippen LogP) is 2.13. The van der Waals surface area contributed by atoms with Gasteiger partial charge in [0, 0.05) is 6.20 Å². The number of ether oxygens (including phenoxy) is 1. The molecule has 0 atom stereocenters. The third kappa shape index (κ3) is 2.94. The molecule has 2 rings (SSSR count). The molecule has 0 unspecified atom stereocenters. The molecule has 0 spiro atoms. The second-order valence-electron chi connectivity index (χ2n) is 3.84. The summed E-state index contributed by atoms with van der Waals surface area (Å²) in [5.74, 6) is 0.480. The lowest BCUT2D eigenvalue weighted by Crippen LogP contribution is -2.14. The Morgan fingerprint density at radius 1 is 1.35 bits per heavy atom. The summed E-state index contributed by atoms with van der Waals surface area (Å²) < 4.78 is 31.9. The quantitative estimate of drug-likeness (QED) is 0.901. The Labute approximate surface area is 121 Å². The number of hydrogen-bond donors (Lipinski definition) is 2. The highest BCUT2D eigenvalue weighted by atomic mass is 35.5. The van der Waals surface area contributed by atoms with E-state index < -0.39 is 10.0 Å². The molecule has 0 aliphatic rings. The molecular formula is C12H12ClN3O3S. The largest absolute Gasteiger partial charge is 0.495 e. The summed E-state index contributed by atoms with van der Waals surface area (Å²) in [5.41, 5.74) is 5.77. The number of nitrogens with two attached hydrogens (primary N) is 1. The summed E-state index contributed by atoms with van der Waals surface area (Å²) in [6.45, 7) is 0. The lowest BCUT2D eigenvalue weighted by Gasteiger charge is -2.11. The van der Waals surface area contributed by atoms with Crippen LogP contribution in [-0.4, -0.2) is 20.5 Å². The minimum atomic E-state index is -3.82. The number of anilines is 2. The molecule has 20 heavy (non-hydrogen) atoms. The number of nitrogens with zero attached hydrogens (tertiary/aromatic N) is 1. The fourth-order valence-electron chi connectivity index (χ4n) is 1.51. The van der Waals surface area contributed by atoms with Crippen molar-refractivity contribution in [3.05, 3.63) is 41.6 Å². The van der Waals surface area contributed by atoms with Crippen molar-refractivity contribution in [1.82, 2.24) is 4.98 Å². The van der Waals surface area contributed by atoms with E-state index in [2.05, 4.69) is 9.71 Å². The van der Waals surface area contributed by atoms with Crippen LogP contribution in [0, 0.1) is 0 Å². The van der Waals surface area contributed by atoms with Gasteiger partial charge in [0.1, 0.15) is 16.5 Å². The third-order valence-electron chi connectivity index (χ3n) is 2.51. The Kier molecular flexibility index (Phi) is 4.01. The summed E-state index contributed by atoms with van der Waals surface area (Å²) in [7, 11) is -2.36. The first kappa shape index (κ1) is 14.4. The van der Waals surface area contributed by atoms with Crippen molar-refractivity contribution in [3.8, 4) is 5.75 Å². The fourth-order valence-corrected chi connectivity index (χ4v) is 2.78. The molecule has 0 aliphatic carbocycles. The summed E-state index contributed by atoms with van der Waals surface area (Å²) in [6, 6.07) is 7.89. The Morgan fingerprint density at radius 2 is 2.05 bits per heavy atom. The second kappa shape index (κ2) is 5.56. The summed E-state index contributed by atoms with van der Waals surface area (Å²) >= 11 is 5.78. The summed E-state index contributed by atoms with van der Waals surface area (Å²) in [6.07, 6.45) is 1.14. The van der Waals surface area contributed by atoms with Crippen LogP contribution in [0.5, 0.6) is 5.75 Å². The average molecular weight is 314 g/mol. The molecular weight excluding hydrogens is 302 g/mol. The van der Waals surface area contributed by atoms with Gasteiger partial charge in [-0.05, 0) is 18.2 Å². The number of methoxy groups -OCH3 is 1. The first-order valence-corrected chi connectivity index (χ1v) is 7.37. The van der Waals surface area contributed by atoms with Gasteiger partial charge in [-0.2, -0.15) is 0 Å². The Morgan fingerprint density at radius 3 is 2.70 bits per heavy atom. The maximum Gasteiger partial charge on any atom is 0.263 e. The number of benzene rings is 1. The first-order valence-electron chi connectivity index (χ1n) is 5.51. The van der Waals surface area contributed by atoms with E-state index in [1.807, 2.05) is 0 Å². The molecule has 0 amide bonds. The van der Waals surface area contributed by atoms with Crippen molar-refractivity contribution in [2.75, 3.05) is 17.6 Å². The molecule has 0 aliphatic heterocycles. The van der Waals surface area contributed by atoms with Crippen molar-refractivity contribution < 1.29 is 13.2 Å². The van der Waals surface area contributed by atoms with Gasteiger partial charge in [-0.3, -0.25) is 4.72 Å². The second-order valence-corrected chi connectivity index (χ2v) is 5.93. The predicted molar refractivity (Wildman–Crippen MR) is 77.5 cm³/mol. The van der Waals surface area contributed by atoms with Crippen molar-refractivity contribution in [3.63, 3.8) is 0 Å². The number of nitrogen functional groups attached to an aromatic ring is 1. The van der Waals surface area contributed by atoms with Crippen LogP contribution < -0.4 is 15.2 Å². The molecule has 0 fully saturated rings. The topological polar surface area (TPSA) is 94.3 Å². The van der Waals surface area contributed by atoms with Gasteiger partial charge >= 0.3 is 0 Å². The van der Waals surface area contributed by atoms with Crippen LogP contribution in [0.25, 0.3) is 0 Å². The first-order chi connectivity index (χ1) is 9.44. The van der Waals surface area contributed by atoms with Crippen LogP contribution in [-0.2, 0) is 10.0 Å². The number of rotatable bonds is 4. The normalized spacial score (nSPS) is 11.1. The van der Waals surface area contributed by atoms with Crippen molar-refractivity contribution >= 4 is 33.1 Å². The number of pyridine rings is 1. The molecule has 1 aromatic carbocycles. The fraction of sp³-hybridized carbons (Fsp3) is 0.0833. The molecule has 8 heteroatoms. The van der Waals surface area contributed by atoms with E-state index in [9.17, 15) is 8.42 Å². The number of nitrogens with one attached hydrogen (secondary N) is 1. The molecule has 0 radical (unpaired) electrons. The van der Waals surface area contributed by atoms with Gasteiger partial charge in [-0.15, -0.1) is 0 Å². The minimum Gasteiger partial charge on any atom is -0.495 e. The summed E-state index contributed by atoms with van der Waals surface area (Å²) in [4.78, 5) is 3.64. The van der Waals surface area contributed by atoms with Crippen LogP contribution in [0.1, 0.15) is 0 Å². The zero-order valence-electron chi connectivity index (χ0n) is 10.5. The van der Waals surface area contributed by atoms with Gasteiger partial charge in [0.2, 0.25) is 0 Å². The molecule has 3 N–H and O–H groups in total. The van der Waals surface area contributed by atoms with Crippen LogP contribution in [0.3, 0.4) is 0 Å². The molecule has 0 saturated heterocycles. The molecule has 1 aromatic heterocycles. The van der Waals surface area contributed by atoms with Crippen molar-refractivity contribution in [2.24, 2.45) is 0 Å². The lowest BCUT2D eigenvalue weighted by atomic mass is 10.3. The minimum absolute atomic E-state index is 0.0721. The number of para-hydroxylation sites is 2.